The first-order chi connectivity index (χ1) is 12.1. The van der Waals surface area contributed by atoms with Gasteiger partial charge in [-0.15, -0.1) is 0 Å². The molecule has 1 fully saturated rings. The van der Waals surface area contributed by atoms with Crippen LogP contribution in [0.3, 0.4) is 0 Å². The van der Waals surface area contributed by atoms with Crippen LogP contribution >= 0.6 is 0 Å². The van der Waals surface area contributed by atoms with Crippen LogP contribution in [0.4, 0.5) is 8.78 Å². The Morgan fingerprint density at radius 1 is 1.19 bits per heavy atom. The van der Waals surface area contributed by atoms with E-state index in [-0.39, 0.29) is 10.3 Å². The van der Waals surface area contributed by atoms with Gasteiger partial charge in [-0.05, 0) is 32.6 Å². The Kier molecular flexibility index (Phi) is 5.99. The van der Waals surface area contributed by atoms with E-state index in [1.54, 1.807) is 0 Å². The van der Waals surface area contributed by atoms with Crippen LogP contribution in [0.1, 0.15) is 50.5 Å². The zero-order valence-corrected chi connectivity index (χ0v) is 15.0. The normalized spacial score (nSPS) is 17.3. The Morgan fingerprint density at radius 2 is 1.73 bits per heavy atom. The molecule has 1 heterocycles. The van der Waals surface area contributed by atoms with Gasteiger partial charge in [-0.3, -0.25) is 4.28 Å². The van der Waals surface area contributed by atoms with Crippen molar-refractivity contribution in [1.82, 2.24) is 4.73 Å². The fourth-order valence-electron chi connectivity index (χ4n) is 2.66. The topological polar surface area (TPSA) is 115 Å². The van der Waals surface area contributed by atoms with Crippen LogP contribution in [0.15, 0.2) is 6.07 Å². The van der Waals surface area contributed by atoms with Crippen molar-refractivity contribution in [3.05, 3.63) is 11.6 Å². The second-order valence-electron chi connectivity index (χ2n) is 6.22. The highest BCUT2D eigenvalue weighted by Gasteiger charge is 2.58. The molecule has 0 bridgehead atoms. The predicted octanol–water partition coefficient (Wildman–Crippen LogP) is 2.22. The van der Waals surface area contributed by atoms with Gasteiger partial charge in [-0.1, -0.05) is 24.0 Å². The molecule has 8 nitrogen and oxygen atoms in total. The van der Waals surface area contributed by atoms with Crippen LogP contribution in [0.25, 0.3) is 0 Å². The van der Waals surface area contributed by atoms with E-state index in [0.717, 1.165) is 25.3 Å². The first-order valence-electron chi connectivity index (χ1n) is 8.20. The molecule has 0 saturated heterocycles. The number of aromatic hydroxyl groups is 2. The molecule has 26 heavy (non-hydrogen) atoms. The van der Waals surface area contributed by atoms with Crippen LogP contribution in [0.2, 0.25) is 0 Å². The molecule has 2 rings (SSSR count). The molecule has 0 spiro atoms. The van der Waals surface area contributed by atoms with Crippen molar-refractivity contribution < 1.29 is 41.2 Å². The zero-order chi connectivity index (χ0) is 19.5. The number of carbonyl (C=O) groups excluding carboxylic acids is 1. The van der Waals surface area contributed by atoms with Gasteiger partial charge >= 0.3 is 21.3 Å². The van der Waals surface area contributed by atoms with E-state index < -0.39 is 39.2 Å². The van der Waals surface area contributed by atoms with Gasteiger partial charge in [0.2, 0.25) is 11.8 Å². The van der Waals surface area contributed by atoms with Gasteiger partial charge < -0.3 is 14.9 Å². The number of esters is 1. The molecule has 0 aliphatic heterocycles. The summed E-state index contributed by atoms with van der Waals surface area (Å²) in [6, 6.07) is 0.899. The zero-order valence-electron chi connectivity index (χ0n) is 14.2. The average Bonchev–Trinajstić information content (AvgIpc) is 2.75. The Labute approximate surface area is 149 Å². The van der Waals surface area contributed by atoms with Crippen molar-refractivity contribution in [3.8, 4) is 11.8 Å². The summed E-state index contributed by atoms with van der Waals surface area (Å²) >= 11 is 0. The van der Waals surface area contributed by atoms with Crippen molar-refractivity contribution in [2.75, 3.05) is 0 Å². The summed E-state index contributed by atoms with van der Waals surface area (Å²) in [4.78, 5) is 11.8. The summed E-state index contributed by atoms with van der Waals surface area (Å²) in [6.07, 6.45) is 4.13. The minimum Gasteiger partial charge on any atom is -0.492 e. The number of halogens is 2. The third kappa shape index (κ3) is 4.19. The van der Waals surface area contributed by atoms with Crippen molar-refractivity contribution in [2.24, 2.45) is 0 Å². The summed E-state index contributed by atoms with van der Waals surface area (Å²) in [6.45, 7) is 1.28. The number of carbonyl (C=O) groups is 1. The summed E-state index contributed by atoms with van der Waals surface area (Å²) in [7, 11) is -5.88. The maximum absolute atomic E-state index is 14.1. The number of aryl methyl sites for hydroxylation is 1. The highest BCUT2D eigenvalue weighted by atomic mass is 32.2. The monoisotopic (exact) mass is 397 g/mol. The smallest absolute Gasteiger partial charge is 0.478 e. The molecule has 11 heteroatoms. The molecule has 2 N–H and O–H groups in total. The van der Waals surface area contributed by atoms with Crippen LogP contribution in [0, 0.1) is 6.92 Å². The SMILES string of the molecule is Cc1cc(O)n(OS(=O)(=O)C(F)(F)C(=O)OC2CCCCCCC2)c1O. The second kappa shape index (κ2) is 7.68. The third-order valence-electron chi connectivity index (χ3n) is 4.15. The quantitative estimate of drug-likeness (QED) is 0.732. The molecular formula is C15H21F2NO7S. The van der Waals surface area contributed by atoms with Gasteiger partial charge in [0.1, 0.15) is 6.10 Å². The van der Waals surface area contributed by atoms with Gasteiger partial charge in [-0.25, -0.2) is 4.79 Å². The van der Waals surface area contributed by atoms with Crippen molar-refractivity contribution >= 4 is 16.1 Å². The van der Waals surface area contributed by atoms with E-state index in [4.69, 9.17) is 4.74 Å². The average molecular weight is 397 g/mol. The molecular weight excluding hydrogens is 376 g/mol. The van der Waals surface area contributed by atoms with Crippen molar-refractivity contribution in [3.63, 3.8) is 0 Å². The molecule has 148 valence electrons. The number of ether oxygens (including phenoxy) is 1. The summed E-state index contributed by atoms with van der Waals surface area (Å²) in [5.74, 6) is -4.06. The van der Waals surface area contributed by atoms with Crippen LogP contribution in [-0.2, 0) is 19.6 Å². The number of alkyl halides is 2. The molecule has 0 amide bonds. The maximum atomic E-state index is 14.1. The molecule has 1 aromatic heterocycles. The van der Waals surface area contributed by atoms with Gasteiger partial charge in [0, 0.05) is 11.6 Å². The Bertz CT molecular complexity index is 752. The number of hydrogen-bond donors (Lipinski definition) is 2. The number of hydrogen-bond acceptors (Lipinski definition) is 7. The van der Waals surface area contributed by atoms with Crippen molar-refractivity contribution in [1.29, 1.82) is 0 Å². The molecule has 0 radical (unpaired) electrons. The standard InChI is InChI=1S/C15H21F2NO7S/c1-10-9-12(19)18(13(10)20)25-26(22,23)15(16,17)14(21)24-11-7-5-3-2-4-6-8-11/h9,11,19-20H,2-8H2,1H3. The molecule has 0 atom stereocenters. The van der Waals surface area contributed by atoms with E-state index in [9.17, 15) is 32.2 Å². The molecule has 1 saturated carbocycles. The lowest BCUT2D eigenvalue weighted by Gasteiger charge is -2.22. The van der Waals surface area contributed by atoms with E-state index >= 15 is 0 Å². The highest BCUT2D eigenvalue weighted by Crippen LogP contribution is 2.31. The van der Waals surface area contributed by atoms with E-state index in [0.29, 0.717) is 25.7 Å². The van der Waals surface area contributed by atoms with Gasteiger partial charge in [0.25, 0.3) is 0 Å². The predicted molar refractivity (Wildman–Crippen MR) is 85.1 cm³/mol. The molecule has 0 aromatic carbocycles. The lowest BCUT2D eigenvalue weighted by Crippen LogP contribution is -2.45. The molecule has 1 aromatic rings. The lowest BCUT2D eigenvalue weighted by atomic mass is 9.99. The van der Waals surface area contributed by atoms with Gasteiger partial charge in [0.15, 0.2) is 0 Å². The van der Waals surface area contributed by atoms with Crippen LogP contribution in [-0.4, -0.2) is 40.7 Å². The Balaban J connectivity index is 2.13. The number of aromatic nitrogens is 1. The summed E-state index contributed by atoms with van der Waals surface area (Å²) in [5.41, 5.74) is -0.0156. The van der Waals surface area contributed by atoms with Crippen molar-refractivity contribution in [2.45, 2.75) is 63.2 Å². The number of nitrogens with zero attached hydrogens (tertiary/aromatic N) is 1. The molecule has 0 unspecified atom stereocenters. The summed E-state index contributed by atoms with van der Waals surface area (Å²) < 4.78 is 60.5. The first-order valence-corrected chi connectivity index (χ1v) is 9.61. The van der Waals surface area contributed by atoms with Gasteiger partial charge in [-0.2, -0.15) is 17.2 Å². The highest BCUT2D eigenvalue weighted by molar-refractivity contribution is 7.88. The molecule has 1 aliphatic rings. The summed E-state index contributed by atoms with van der Waals surface area (Å²) in [5, 5.41) is 14.0. The second-order valence-corrected chi connectivity index (χ2v) is 7.79. The van der Waals surface area contributed by atoms with Gasteiger partial charge in [0.05, 0.1) is 0 Å². The maximum Gasteiger partial charge on any atom is 0.478 e. The van der Waals surface area contributed by atoms with Crippen LogP contribution < -0.4 is 4.28 Å². The first kappa shape index (κ1) is 20.3. The lowest BCUT2D eigenvalue weighted by molar-refractivity contribution is -0.168. The van der Waals surface area contributed by atoms with E-state index in [1.807, 2.05) is 0 Å². The Morgan fingerprint density at radius 3 is 2.23 bits per heavy atom. The fourth-order valence-corrected chi connectivity index (χ4v) is 3.35. The minimum absolute atomic E-state index is 0.0156. The fraction of sp³-hybridized carbons (Fsp3) is 0.667. The number of rotatable bonds is 5. The van der Waals surface area contributed by atoms with E-state index in [2.05, 4.69) is 4.28 Å². The Hall–Kier alpha value is -2.04. The van der Waals surface area contributed by atoms with E-state index in [1.165, 1.54) is 6.92 Å². The molecule has 1 aliphatic carbocycles. The largest absolute Gasteiger partial charge is 0.492 e. The van der Waals surface area contributed by atoms with Crippen LogP contribution in [0.5, 0.6) is 11.8 Å². The third-order valence-corrected chi connectivity index (χ3v) is 5.29. The minimum atomic E-state index is -5.88.